The summed E-state index contributed by atoms with van der Waals surface area (Å²) in [5.41, 5.74) is -4.31. The first-order valence-electron chi connectivity index (χ1n) is 11.6. The number of allylic oxidation sites excluding steroid dienone is 17. The van der Waals surface area contributed by atoms with Crippen molar-refractivity contribution in [2.75, 3.05) is 0 Å². The molecule has 0 saturated carbocycles. The average molecular weight is 613 g/mol. The summed E-state index contributed by atoms with van der Waals surface area (Å²) >= 11 is 0. The zero-order valence-electron chi connectivity index (χ0n) is 23.3. The third-order valence-electron chi connectivity index (χ3n) is 5.05. The molecule has 0 aromatic rings. The number of ether oxygens (including phenoxy) is 1. The van der Waals surface area contributed by atoms with E-state index in [0.717, 1.165) is 6.08 Å². The number of rotatable bonds is 16. The van der Waals surface area contributed by atoms with E-state index >= 15 is 0 Å². The van der Waals surface area contributed by atoms with Gasteiger partial charge in [-0.05, 0) is 47.4 Å². The second-order valence-electron chi connectivity index (χ2n) is 8.75. The molecule has 0 aliphatic carbocycles. The molecule has 10 heteroatoms. The molecule has 0 unspecified atom stereocenters. The van der Waals surface area contributed by atoms with Gasteiger partial charge in [0.05, 0.1) is 11.1 Å². The molecule has 0 rings (SSSR count). The van der Waals surface area contributed by atoms with Gasteiger partial charge in [-0.25, -0.2) is 17.6 Å². The summed E-state index contributed by atoms with van der Waals surface area (Å²) in [6, 6.07) is 0. The molecule has 0 bridgehead atoms. The van der Waals surface area contributed by atoms with Crippen LogP contribution in [0, 0.1) is 0 Å². The van der Waals surface area contributed by atoms with Crippen LogP contribution >= 0.6 is 0 Å². The van der Waals surface area contributed by atoms with E-state index in [1.165, 1.54) is 0 Å². The minimum atomic E-state index is -5.20. The number of alkyl halides is 5. The van der Waals surface area contributed by atoms with Crippen LogP contribution < -0.4 is 0 Å². The first kappa shape index (κ1) is 38.3. The minimum Gasteiger partial charge on any atom is -0.429 e. The summed E-state index contributed by atoms with van der Waals surface area (Å²) in [6.45, 7) is 34.4. The van der Waals surface area contributed by atoms with Gasteiger partial charge in [-0.15, -0.1) is 0 Å². The third kappa shape index (κ3) is 12.4. The Bertz CT molecular complexity index is 1450. The van der Waals surface area contributed by atoms with Crippen LogP contribution in [0.25, 0.3) is 0 Å². The first-order valence-corrected chi connectivity index (χ1v) is 11.6. The molecule has 0 heterocycles. The van der Waals surface area contributed by atoms with Crippen molar-refractivity contribution >= 4 is 0 Å². The van der Waals surface area contributed by atoms with Crippen LogP contribution in [0.3, 0.4) is 0 Å². The number of halogens is 9. The molecule has 0 N–H and O–H groups in total. The molecule has 0 fully saturated rings. The Hall–Kier alpha value is -4.73. The Balaban J connectivity index is 5.66. The van der Waals surface area contributed by atoms with Crippen LogP contribution in [0.5, 0.6) is 0 Å². The summed E-state index contributed by atoms with van der Waals surface area (Å²) < 4.78 is 127. The Labute approximate surface area is 245 Å². The topological polar surface area (TPSA) is 9.23 Å². The molecule has 0 aromatic heterocycles. The maximum Gasteiger partial charge on any atom is 0.428 e. The van der Waals surface area contributed by atoms with Gasteiger partial charge < -0.3 is 4.74 Å². The molecule has 0 aromatic carbocycles. The molecule has 0 atom stereocenters. The van der Waals surface area contributed by atoms with Crippen LogP contribution in [0.4, 0.5) is 39.5 Å². The highest BCUT2D eigenvalue weighted by Crippen LogP contribution is 2.36. The van der Waals surface area contributed by atoms with E-state index in [1.807, 2.05) is 0 Å². The minimum absolute atomic E-state index is 0.134. The Morgan fingerprint density at radius 1 is 0.512 bits per heavy atom. The zero-order valence-corrected chi connectivity index (χ0v) is 23.3. The number of hydrogen-bond donors (Lipinski definition) is 0. The third-order valence-corrected chi connectivity index (χ3v) is 5.05. The van der Waals surface area contributed by atoms with E-state index in [9.17, 15) is 39.5 Å². The summed E-state index contributed by atoms with van der Waals surface area (Å²) in [6.07, 6.45) is -4.85. The van der Waals surface area contributed by atoms with Crippen molar-refractivity contribution in [3.05, 3.63) is 181 Å². The lowest BCUT2D eigenvalue weighted by Crippen LogP contribution is -2.23. The molecule has 43 heavy (non-hydrogen) atoms. The highest BCUT2D eigenvalue weighted by atomic mass is 19.4. The standard InChI is InChI=1S/C33H29F9O/c1-18(2)12-13-19(3)20(4)14-28(34)24(8)21(5)15-29(35)25(9)22(6)16-30(36)27(11)33(41,42)43-23(7)17-31(37)26(10)32(38,39)40/h12-17H,1,3-11H2,2H3/b13-12-,28-14+,29-15+,30-16+,31-17+. The van der Waals surface area contributed by atoms with Gasteiger partial charge in [-0.3, -0.25) is 0 Å². The Morgan fingerprint density at radius 2 is 0.907 bits per heavy atom. The van der Waals surface area contributed by atoms with E-state index in [4.69, 9.17) is 0 Å². The van der Waals surface area contributed by atoms with Gasteiger partial charge in [0.1, 0.15) is 29.1 Å². The molecular formula is C33H29F9O. The lowest BCUT2D eigenvalue weighted by molar-refractivity contribution is -0.177. The molecule has 0 radical (unpaired) electrons. The monoisotopic (exact) mass is 612 g/mol. The smallest absolute Gasteiger partial charge is 0.428 e. The van der Waals surface area contributed by atoms with Crippen LogP contribution in [0.1, 0.15) is 6.92 Å². The van der Waals surface area contributed by atoms with Crippen LogP contribution in [0.2, 0.25) is 0 Å². The summed E-state index contributed by atoms with van der Waals surface area (Å²) in [5.74, 6) is -7.36. The van der Waals surface area contributed by atoms with E-state index in [0.29, 0.717) is 23.3 Å². The molecule has 1 nitrogen and oxygen atoms in total. The normalized spacial score (nSPS) is 13.3. The fraction of sp³-hybridized carbons (Fsp3) is 0.0909. The van der Waals surface area contributed by atoms with Gasteiger partial charge in [0, 0.05) is 17.2 Å². The van der Waals surface area contributed by atoms with E-state index < -0.39 is 63.6 Å². The molecule has 0 saturated heterocycles. The van der Waals surface area contributed by atoms with Gasteiger partial charge in [0.2, 0.25) is 0 Å². The summed E-state index contributed by atoms with van der Waals surface area (Å²) in [4.78, 5) is 0. The highest BCUT2D eigenvalue weighted by molar-refractivity contribution is 5.56. The average Bonchev–Trinajstić information content (AvgIpc) is 2.88. The number of hydrogen-bond acceptors (Lipinski definition) is 1. The first-order chi connectivity index (χ1) is 19.4. The van der Waals surface area contributed by atoms with Gasteiger partial charge in [-0.2, -0.15) is 22.0 Å². The lowest BCUT2D eigenvalue weighted by atomic mass is 10.0. The maximum absolute atomic E-state index is 14.7. The van der Waals surface area contributed by atoms with Crippen molar-refractivity contribution in [1.29, 1.82) is 0 Å². The fourth-order valence-electron chi connectivity index (χ4n) is 2.40. The van der Waals surface area contributed by atoms with Crippen LogP contribution in [0.15, 0.2) is 181 Å². The van der Waals surface area contributed by atoms with Crippen molar-refractivity contribution < 1.29 is 44.3 Å². The molecular weight excluding hydrogens is 583 g/mol. The maximum atomic E-state index is 14.7. The van der Waals surface area contributed by atoms with Crippen LogP contribution in [-0.2, 0) is 4.74 Å². The van der Waals surface area contributed by atoms with Gasteiger partial charge in [0.25, 0.3) is 0 Å². The van der Waals surface area contributed by atoms with E-state index in [2.05, 4.69) is 70.5 Å². The SMILES string of the molecule is C=C(C)/C=C\C(=C)C(=C)/C=C(/F)C(=C)C(=C)/C=C(/F)C(=C)C(=C)/C=C(/F)C(=C)C(F)(F)OC(=C)/C=C(/F)C(=C)C(F)(F)F. The van der Waals surface area contributed by atoms with E-state index in [1.54, 1.807) is 19.1 Å². The van der Waals surface area contributed by atoms with Crippen molar-refractivity contribution in [3.63, 3.8) is 0 Å². The zero-order chi connectivity index (χ0) is 34.0. The Kier molecular flexibility index (Phi) is 13.8. The van der Waals surface area contributed by atoms with Gasteiger partial charge in [0.15, 0.2) is 0 Å². The predicted molar refractivity (Wildman–Crippen MR) is 155 cm³/mol. The second kappa shape index (κ2) is 15.5. The van der Waals surface area contributed by atoms with Crippen molar-refractivity contribution in [2.24, 2.45) is 0 Å². The largest absolute Gasteiger partial charge is 0.429 e. The fourth-order valence-corrected chi connectivity index (χ4v) is 2.40. The lowest BCUT2D eigenvalue weighted by Gasteiger charge is -2.19. The molecule has 230 valence electrons. The van der Waals surface area contributed by atoms with Gasteiger partial charge >= 0.3 is 12.3 Å². The quantitative estimate of drug-likeness (QED) is 0.0957. The molecule has 0 aliphatic rings. The van der Waals surface area contributed by atoms with Crippen molar-refractivity contribution in [3.8, 4) is 0 Å². The van der Waals surface area contributed by atoms with Gasteiger partial charge in [-0.1, -0.05) is 83.5 Å². The Morgan fingerprint density at radius 3 is 1.33 bits per heavy atom. The summed E-state index contributed by atoms with van der Waals surface area (Å²) in [5, 5.41) is 0. The molecule has 0 aliphatic heterocycles. The van der Waals surface area contributed by atoms with Crippen LogP contribution in [-0.4, -0.2) is 12.3 Å². The summed E-state index contributed by atoms with van der Waals surface area (Å²) in [7, 11) is 0. The molecule has 0 amide bonds. The second-order valence-corrected chi connectivity index (χ2v) is 8.75. The highest BCUT2D eigenvalue weighted by Gasteiger charge is 2.39. The van der Waals surface area contributed by atoms with E-state index in [-0.39, 0.29) is 22.8 Å². The molecule has 0 spiro atoms. The predicted octanol–water partition coefficient (Wildman–Crippen LogP) is 11.7. The van der Waals surface area contributed by atoms with Crippen molar-refractivity contribution in [2.45, 2.75) is 19.2 Å². The van der Waals surface area contributed by atoms with Crippen molar-refractivity contribution in [1.82, 2.24) is 0 Å².